The van der Waals surface area contributed by atoms with Gasteiger partial charge < -0.3 is 10.4 Å². The topological polar surface area (TPSA) is 64.9 Å². The maximum atomic E-state index is 11.5. The molecule has 0 spiro atoms. The number of anilines is 1. The monoisotopic (exact) mass is 495 g/mol. The van der Waals surface area contributed by atoms with Crippen LogP contribution in [0, 0.1) is 5.92 Å². The molecule has 1 aliphatic carbocycles. The summed E-state index contributed by atoms with van der Waals surface area (Å²) in [7, 11) is 2.07. The number of hydrogen-bond donors (Lipinski definition) is 2. The summed E-state index contributed by atoms with van der Waals surface area (Å²) in [4.78, 5) is 11.5. The second kappa shape index (κ2) is 11.4. The van der Waals surface area contributed by atoms with Crippen molar-refractivity contribution in [1.29, 1.82) is 0 Å². The van der Waals surface area contributed by atoms with E-state index in [-0.39, 0.29) is 17.7 Å². The molecule has 2 atom stereocenters. The van der Waals surface area contributed by atoms with Crippen molar-refractivity contribution >= 4 is 52.2 Å². The highest BCUT2D eigenvalue weighted by Crippen LogP contribution is 2.42. The van der Waals surface area contributed by atoms with Gasteiger partial charge in [0.2, 0.25) is 0 Å². The highest BCUT2D eigenvalue weighted by molar-refractivity contribution is 6.38. The van der Waals surface area contributed by atoms with E-state index < -0.39 is 5.97 Å². The molecule has 1 heterocycles. The van der Waals surface area contributed by atoms with E-state index in [0.29, 0.717) is 20.8 Å². The molecule has 2 aromatic carbocycles. The van der Waals surface area contributed by atoms with Crippen LogP contribution in [0.2, 0.25) is 15.1 Å². The molecular formula is C24H28Cl3N3O2. The fraction of sp³-hybridized carbons (Fsp3) is 0.417. The molecule has 0 radical (unpaired) electrons. The number of carboxylic acids is 1. The summed E-state index contributed by atoms with van der Waals surface area (Å²) < 4.78 is 0. The van der Waals surface area contributed by atoms with E-state index in [9.17, 15) is 9.90 Å². The first-order valence-corrected chi connectivity index (χ1v) is 11.9. The van der Waals surface area contributed by atoms with Crippen molar-refractivity contribution in [2.75, 3.05) is 12.1 Å². The van der Waals surface area contributed by atoms with Crippen molar-refractivity contribution in [2.24, 2.45) is 11.0 Å². The number of halogens is 3. The van der Waals surface area contributed by atoms with Gasteiger partial charge in [-0.05, 0) is 55.8 Å². The Morgan fingerprint density at radius 2 is 1.66 bits per heavy atom. The molecule has 0 saturated heterocycles. The Balaban J connectivity index is 0.000000305. The fourth-order valence-corrected chi connectivity index (χ4v) is 4.84. The van der Waals surface area contributed by atoms with Gasteiger partial charge in [-0.25, -0.2) is 4.79 Å². The molecule has 4 rings (SSSR count). The molecule has 172 valence electrons. The first-order valence-electron chi connectivity index (χ1n) is 10.8. The molecular weight excluding hydrogens is 469 g/mol. The van der Waals surface area contributed by atoms with Gasteiger partial charge in [0.1, 0.15) is 0 Å². The summed E-state index contributed by atoms with van der Waals surface area (Å²) in [5.41, 5.74) is 1.59. The Hall–Kier alpha value is -1.79. The number of nitrogens with one attached hydrogen (secondary N) is 1. The van der Waals surface area contributed by atoms with Gasteiger partial charge in [0.15, 0.2) is 5.71 Å². The maximum absolute atomic E-state index is 11.5. The van der Waals surface area contributed by atoms with E-state index in [4.69, 9.17) is 34.8 Å². The lowest BCUT2D eigenvalue weighted by atomic mass is 9.91. The zero-order chi connectivity index (χ0) is 23.3. The van der Waals surface area contributed by atoms with Crippen molar-refractivity contribution in [3.8, 4) is 0 Å². The molecule has 8 heteroatoms. The lowest BCUT2D eigenvalue weighted by Crippen LogP contribution is -2.26. The standard InChI is InChI=1S/C17H13Cl3N2O2.C7H15N/c1-9-15(17(23)24)21-22(14-7-6-12(19)8-13(14)20)16(9)10-2-4-11(18)5-3-10;1-8-7-5-3-2-4-6-7/h2-9,16H,1H3,(H,23,24);7-8H,2-6H2,1H3. The normalized spacial score (nSPS) is 21.0. The molecule has 2 unspecified atom stereocenters. The third-order valence-electron chi connectivity index (χ3n) is 5.98. The minimum Gasteiger partial charge on any atom is -0.477 e. The predicted molar refractivity (Wildman–Crippen MR) is 133 cm³/mol. The van der Waals surface area contributed by atoms with Crippen LogP contribution >= 0.6 is 34.8 Å². The van der Waals surface area contributed by atoms with Crippen LogP contribution < -0.4 is 10.3 Å². The maximum Gasteiger partial charge on any atom is 0.352 e. The predicted octanol–water partition coefficient (Wildman–Crippen LogP) is 6.82. The Kier molecular flexibility index (Phi) is 8.83. The number of rotatable bonds is 4. The molecule has 2 aliphatic rings. The SMILES string of the molecule is CC1C(C(=O)O)=NN(c2ccc(Cl)cc2Cl)C1c1ccc(Cl)cc1.CNC1CCCCC1. The van der Waals surface area contributed by atoms with Crippen LogP contribution in [0.15, 0.2) is 47.6 Å². The number of carbonyl (C=O) groups is 1. The van der Waals surface area contributed by atoms with Gasteiger partial charge in [0.25, 0.3) is 0 Å². The summed E-state index contributed by atoms with van der Waals surface area (Å²) in [6, 6.07) is 12.8. The van der Waals surface area contributed by atoms with Crippen LogP contribution in [-0.4, -0.2) is 29.9 Å². The second-order valence-electron chi connectivity index (χ2n) is 8.14. The highest BCUT2D eigenvalue weighted by Gasteiger charge is 2.40. The molecule has 1 aliphatic heterocycles. The van der Waals surface area contributed by atoms with E-state index in [0.717, 1.165) is 11.6 Å². The number of nitrogens with zero attached hydrogens (tertiary/aromatic N) is 2. The largest absolute Gasteiger partial charge is 0.477 e. The molecule has 0 bridgehead atoms. The summed E-state index contributed by atoms with van der Waals surface area (Å²) in [5, 5.41) is 20.2. The van der Waals surface area contributed by atoms with Crippen molar-refractivity contribution in [3.63, 3.8) is 0 Å². The number of hydrogen-bond acceptors (Lipinski definition) is 4. The molecule has 32 heavy (non-hydrogen) atoms. The molecule has 1 saturated carbocycles. The van der Waals surface area contributed by atoms with Gasteiger partial charge in [-0.15, -0.1) is 0 Å². The van der Waals surface area contributed by atoms with Crippen molar-refractivity contribution in [3.05, 3.63) is 63.1 Å². The summed E-state index contributed by atoms with van der Waals surface area (Å²) >= 11 is 18.2. The van der Waals surface area contributed by atoms with Gasteiger partial charge in [-0.2, -0.15) is 5.10 Å². The molecule has 5 nitrogen and oxygen atoms in total. The van der Waals surface area contributed by atoms with E-state index in [1.807, 2.05) is 19.1 Å². The smallest absolute Gasteiger partial charge is 0.352 e. The van der Waals surface area contributed by atoms with Gasteiger partial charge in [0.05, 0.1) is 16.8 Å². The van der Waals surface area contributed by atoms with Crippen LogP contribution in [0.3, 0.4) is 0 Å². The van der Waals surface area contributed by atoms with Gasteiger partial charge in [0, 0.05) is 22.0 Å². The third kappa shape index (κ3) is 5.96. The van der Waals surface area contributed by atoms with Gasteiger partial charge in [-0.3, -0.25) is 5.01 Å². The number of carboxylic acid groups (broad SMARTS) is 1. The zero-order valence-corrected chi connectivity index (χ0v) is 20.5. The Labute approximate surface area is 204 Å². The third-order valence-corrected chi connectivity index (χ3v) is 6.77. The fourth-order valence-electron chi connectivity index (χ4n) is 4.22. The lowest BCUT2D eigenvalue weighted by Gasteiger charge is -2.27. The second-order valence-corrected chi connectivity index (χ2v) is 9.42. The van der Waals surface area contributed by atoms with Gasteiger partial charge >= 0.3 is 5.97 Å². The van der Waals surface area contributed by atoms with Crippen molar-refractivity contribution < 1.29 is 9.90 Å². The average molecular weight is 497 g/mol. The van der Waals surface area contributed by atoms with Crippen LogP contribution in [0.4, 0.5) is 5.69 Å². The molecule has 2 aromatic rings. The zero-order valence-electron chi connectivity index (χ0n) is 18.2. The van der Waals surface area contributed by atoms with E-state index >= 15 is 0 Å². The quantitative estimate of drug-likeness (QED) is 0.487. The lowest BCUT2D eigenvalue weighted by molar-refractivity contribution is -0.129. The van der Waals surface area contributed by atoms with Crippen LogP contribution in [0.25, 0.3) is 0 Å². The van der Waals surface area contributed by atoms with Crippen molar-refractivity contribution in [2.45, 2.75) is 51.1 Å². The van der Waals surface area contributed by atoms with E-state index in [1.54, 1.807) is 35.3 Å². The number of benzene rings is 2. The molecule has 0 aromatic heterocycles. The summed E-state index contributed by atoms with van der Waals surface area (Å²) in [5.74, 6) is -1.37. The minimum atomic E-state index is -1.05. The Morgan fingerprint density at radius 3 is 2.19 bits per heavy atom. The first-order chi connectivity index (χ1) is 15.3. The van der Waals surface area contributed by atoms with E-state index in [2.05, 4.69) is 17.5 Å². The number of hydrazone groups is 1. The Bertz CT molecular complexity index is 959. The highest BCUT2D eigenvalue weighted by atomic mass is 35.5. The molecule has 2 N–H and O–H groups in total. The summed E-state index contributed by atoms with van der Waals surface area (Å²) in [6.45, 7) is 1.83. The minimum absolute atomic E-state index is 0.0842. The average Bonchev–Trinajstić information content (AvgIpc) is 3.12. The first kappa shape index (κ1) is 24.8. The summed E-state index contributed by atoms with van der Waals surface area (Å²) in [6.07, 6.45) is 7.13. The van der Waals surface area contributed by atoms with Crippen LogP contribution in [0.5, 0.6) is 0 Å². The van der Waals surface area contributed by atoms with Crippen LogP contribution in [0.1, 0.15) is 50.6 Å². The molecule has 1 fully saturated rings. The van der Waals surface area contributed by atoms with Crippen LogP contribution in [-0.2, 0) is 4.79 Å². The van der Waals surface area contributed by atoms with Crippen molar-refractivity contribution in [1.82, 2.24) is 5.32 Å². The number of aliphatic carboxylic acids is 1. The van der Waals surface area contributed by atoms with Gasteiger partial charge in [-0.1, -0.05) is 73.1 Å². The molecule has 0 amide bonds. The van der Waals surface area contributed by atoms with E-state index in [1.165, 1.54) is 32.1 Å². The Morgan fingerprint density at radius 1 is 1.03 bits per heavy atom.